The minimum atomic E-state index is -0.174. The van der Waals surface area contributed by atoms with E-state index < -0.39 is 0 Å². The zero-order chi connectivity index (χ0) is 21.3. The van der Waals surface area contributed by atoms with E-state index >= 15 is 0 Å². The van der Waals surface area contributed by atoms with Gasteiger partial charge in [0.2, 0.25) is 0 Å². The summed E-state index contributed by atoms with van der Waals surface area (Å²) in [6, 6.07) is 11.9. The minimum absolute atomic E-state index is 0.0771. The van der Waals surface area contributed by atoms with Gasteiger partial charge in [0.15, 0.2) is 0 Å². The quantitative estimate of drug-likeness (QED) is 0.698. The maximum absolute atomic E-state index is 12.4. The molecule has 7 heteroatoms. The number of likely N-dealkylation sites (N-methyl/N-ethyl adjacent to an activating group) is 1. The van der Waals surface area contributed by atoms with Gasteiger partial charge in [-0.1, -0.05) is 12.1 Å². The number of hydrogen-bond acceptors (Lipinski definition) is 5. The Labute approximate surface area is 179 Å². The highest BCUT2D eigenvalue weighted by atomic mass is 16.5. The van der Waals surface area contributed by atoms with Crippen LogP contribution in [0.5, 0.6) is 5.75 Å². The van der Waals surface area contributed by atoms with E-state index in [1.165, 1.54) is 19.3 Å². The molecular weight excluding hydrogens is 378 g/mol. The van der Waals surface area contributed by atoms with E-state index in [9.17, 15) is 4.79 Å². The van der Waals surface area contributed by atoms with Gasteiger partial charge in [-0.3, -0.25) is 0 Å². The van der Waals surface area contributed by atoms with Crippen LogP contribution in [0, 0.1) is 0 Å². The SMILES string of the molecule is COc1ccc(C(CNC(=O)NCc2ccnc(N3CCCCC3)c2)N(C)C)cc1. The topological polar surface area (TPSA) is 69.7 Å². The Morgan fingerprint density at radius 1 is 1.13 bits per heavy atom. The molecule has 0 bridgehead atoms. The summed E-state index contributed by atoms with van der Waals surface area (Å²) in [5.74, 6) is 1.82. The van der Waals surface area contributed by atoms with E-state index in [1.54, 1.807) is 7.11 Å². The van der Waals surface area contributed by atoms with Crippen molar-refractivity contribution >= 4 is 11.8 Å². The van der Waals surface area contributed by atoms with Crippen LogP contribution in [0.3, 0.4) is 0 Å². The van der Waals surface area contributed by atoms with Crippen LogP contribution >= 0.6 is 0 Å². The lowest BCUT2D eigenvalue weighted by molar-refractivity contribution is 0.232. The molecule has 1 aliphatic heterocycles. The first-order valence-corrected chi connectivity index (χ1v) is 10.6. The third kappa shape index (κ3) is 6.10. The van der Waals surface area contributed by atoms with Crippen molar-refractivity contribution in [1.29, 1.82) is 0 Å². The molecule has 1 atom stereocenters. The maximum Gasteiger partial charge on any atom is 0.315 e. The van der Waals surface area contributed by atoms with Gasteiger partial charge in [-0.2, -0.15) is 0 Å². The lowest BCUT2D eigenvalue weighted by atomic mass is 10.1. The first kappa shape index (κ1) is 21.9. The number of carbonyl (C=O) groups excluding carboxylic acids is 1. The number of nitrogens with zero attached hydrogens (tertiary/aromatic N) is 3. The molecule has 162 valence electrons. The molecule has 3 rings (SSSR count). The lowest BCUT2D eigenvalue weighted by Crippen LogP contribution is -2.40. The second-order valence-corrected chi connectivity index (χ2v) is 7.89. The number of nitrogens with one attached hydrogen (secondary N) is 2. The van der Waals surface area contributed by atoms with Crippen LogP contribution in [-0.4, -0.2) is 56.8 Å². The molecule has 1 aliphatic rings. The normalized spacial score (nSPS) is 15.0. The van der Waals surface area contributed by atoms with Gasteiger partial charge in [0.1, 0.15) is 11.6 Å². The number of ether oxygens (including phenoxy) is 1. The van der Waals surface area contributed by atoms with Crippen LogP contribution in [0.25, 0.3) is 0 Å². The summed E-state index contributed by atoms with van der Waals surface area (Å²) in [4.78, 5) is 21.3. The third-order valence-electron chi connectivity index (χ3n) is 5.52. The van der Waals surface area contributed by atoms with Crippen molar-refractivity contribution in [3.05, 3.63) is 53.7 Å². The maximum atomic E-state index is 12.4. The standard InChI is InChI=1S/C23H33N5O2/c1-27(2)21(19-7-9-20(30-3)10-8-19)17-26-23(29)25-16-18-11-12-24-22(15-18)28-13-5-4-6-14-28/h7-12,15,21H,4-6,13-14,16-17H2,1-3H3,(H2,25,26,29). The van der Waals surface area contributed by atoms with Crippen molar-refractivity contribution in [2.45, 2.75) is 31.8 Å². The lowest BCUT2D eigenvalue weighted by Gasteiger charge is -2.28. The average Bonchev–Trinajstić information content (AvgIpc) is 2.79. The Bertz CT molecular complexity index is 803. The highest BCUT2D eigenvalue weighted by molar-refractivity contribution is 5.73. The summed E-state index contributed by atoms with van der Waals surface area (Å²) in [5, 5.41) is 5.95. The summed E-state index contributed by atoms with van der Waals surface area (Å²) in [6.45, 7) is 3.11. The number of piperidine rings is 1. The Kier molecular flexibility index (Phi) is 7.90. The molecule has 2 N–H and O–H groups in total. The molecule has 0 saturated carbocycles. The molecule has 7 nitrogen and oxygen atoms in total. The van der Waals surface area contributed by atoms with Crippen LogP contribution in [0.1, 0.15) is 36.4 Å². The highest BCUT2D eigenvalue weighted by Gasteiger charge is 2.16. The number of anilines is 1. The Balaban J connectivity index is 1.51. The molecule has 0 radical (unpaired) electrons. The molecule has 0 aliphatic carbocycles. The molecule has 1 aromatic carbocycles. The molecule has 2 heterocycles. The van der Waals surface area contributed by atoms with Crippen LogP contribution in [0.4, 0.5) is 10.6 Å². The van der Waals surface area contributed by atoms with Crippen LogP contribution < -0.4 is 20.3 Å². The molecule has 1 unspecified atom stereocenters. The van der Waals surface area contributed by atoms with Crippen molar-refractivity contribution in [3.8, 4) is 5.75 Å². The highest BCUT2D eigenvalue weighted by Crippen LogP contribution is 2.21. The second kappa shape index (κ2) is 10.8. The van der Waals surface area contributed by atoms with Gasteiger partial charge in [-0.25, -0.2) is 9.78 Å². The van der Waals surface area contributed by atoms with E-state index in [0.717, 1.165) is 35.8 Å². The molecule has 1 fully saturated rings. The monoisotopic (exact) mass is 411 g/mol. The number of benzene rings is 1. The molecule has 1 aromatic heterocycles. The molecule has 1 saturated heterocycles. The summed E-state index contributed by atoms with van der Waals surface area (Å²) < 4.78 is 5.23. The number of rotatable bonds is 8. The summed E-state index contributed by atoms with van der Waals surface area (Å²) >= 11 is 0. The number of methoxy groups -OCH3 is 1. The number of amides is 2. The first-order chi connectivity index (χ1) is 14.6. The van der Waals surface area contributed by atoms with Gasteiger partial charge in [0.25, 0.3) is 0 Å². The van der Waals surface area contributed by atoms with E-state index in [1.807, 2.05) is 50.6 Å². The number of hydrogen-bond donors (Lipinski definition) is 2. The molecule has 30 heavy (non-hydrogen) atoms. The van der Waals surface area contributed by atoms with Crippen molar-refractivity contribution < 1.29 is 9.53 Å². The van der Waals surface area contributed by atoms with Gasteiger partial charge in [-0.15, -0.1) is 0 Å². The predicted octanol–water partition coefficient (Wildman–Crippen LogP) is 3.18. The minimum Gasteiger partial charge on any atom is -0.497 e. The fourth-order valence-corrected chi connectivity index (χ4v) is 3.73. The number of pyridine rings is 1. The fraction of sp³-hybridized carbons (Fsp3) is 0.478. The Hall–Kier alpha value is -2.80. The first-order valence-electron chi connectivity index (χ1n) is 10.6. The predicted molar refractivity (Wildman–Crippen MR) is 120 cm³/mol. The second-order valence-electron chi connectivity index (χ2n) is 7.89. The molecule has 2 aromatic rings. The van der Waals surface area contributed by atoms with Gasteiger partial charge in [0.05, 0.1) is 13.2 Å². The third-order valence-corrected chi connectivity index (χ3v) is 5.52. The molecular formula is C23H33N5O2. The van der Waals surface area contributed by atoms with E-state index in [0.29, 0.717) is 13.1 Å². The Morgan fingerprint density at radius 2 is 1.87 bits per heavy atom. The van der Waals surface area contributed by atoms with Gasteiger partial charge >= 0.3 is 6.03 Å². The van der Waals surface area contributed by atoms with Gasteiger partial charge in [0, 0.05) is 32.4 Å². The van der Waals surface area contributed by atoms with Crippen LogP contribution in [0.2, 0.25) is 0 Å². The van der Waals surface area contributed by atoms with Crippen LogP contribution in [0.15, 0.2) is 42.6 Å². The van der Waals surface area contributed by atoms with Gasteiger partial charge < -0.3 is 25.2 Å². The van der Waals surface area contributed by atoms with Crippen molar-refractivity contribution in [3.63, 3.8) is 0 Å². The summed E-state index contributed by atoms with van der Waals surface area (Å²) in [6.07, 6.45) is 5.55. The number of aromatic nitrogens is 1. The number of urea groups is 1. The smallest absolute Gasteiger partial charge is 0.315 e. The van der Waals surface area contributed by atoms with E-state index in [-0.39, 0.29) is 12.1 Å². The summed E-state index contributed by atoms with van der Waals surface area (Å²) in [5.41, 5.74) is 2.18. The zero-order valence-corrected chi connectivity index (χ0v) is 18.2. The van der Waals surface area contributed by atoms with Crippen molar-refractivity contribution in [2.24, 2.45) is 0 Å². The zero-order valence-electron chi connectivity index (χ0n) is 18.2. The van der Waals surface area contributed by atoms with Crippen molar-refractivity contribution in [2.75, 3.05) is 45.7 Å². The van der Waals surface area contributed by atoms with Crippen molar-refractivity contribution in [1.82, 2.24) is 20.5 Å². The van der Waals surface area contributed by atoms with Gasteiger partial charge in [-0.05, 0) is 68.8 Å². The summed E-state index contributed by atoms with van der Waals surface area (Å²) in [7, 11) is 5.67. The average molecular weight is 412 g/mol. The van der Waals surface area contributed by atoms with E-state index in [2.05, 4.69) is 31.5 Å². The van der Waals surface area contributed by atoms with E-state index in [4.69, 9.17) is 4.74 Å². The fourth-order valence-electron chi connectivity index (χ4n) is 3.73. The Morgan fingerprint density at radius 3 is 2.53 bits per heavy atom. The van der Waals surface area contributed by atoms with Crippen LogP contribution in [-0.2, 0) is 6.54 Å². The molecule has 2 amide bonds. The molecule has 0 spiro atoms. The number of carbonyl (C=O) groups is 1. The largest absolute Gasteiger partial charge is 0.497 e.